The second-order valence-electron chi connectivity index (χ2n) is 6.31. The van der Waals surface area contributed by atoms with Crippen molar-refractivity contribution in [1.29, 1.82) is 0 Å². The van der Waals surface area contributed by atoms with Crippen LogP contribution in [0.3, 0.4) is 0 Å². The van der Waals surface area contributed by atoms with Gasteiger partial charge in [0.2, 0.25) is 6.79 Å². The number of fused-ring (bicyclic) bond motifs is 1. The molecular formula is C18H27N3O3. The summed E-state index contributed by atoms with van der Waals surface area (Å²) in [5, 5.41) is 2.98. The van der Waals surface area contributed by atoms with Crippen LogP contribution in [0.4, 0.5) is 0 Å². The van der Waals surface area contributed by atoms with Crippen LogP contribution in [0, 0.1) is 0 Å². The lowest BCUT2D eigenvalue weighted by atomic mass is 10.2. The Morgan fingerprint density at radius 1 is 1.08 bits per heavy atom. The molecule has 2 heterocycles. The number of likely N-dealkylation sites (N-methyl/N-ethyl adjacent to an activating group) is 1. The number of nitrogens with one attached hydrogen (secondary N) is 1. The van der Waals surface area contributed by atoms with Crippen molar-refractivity contribution in [1.82, 2.24) is 15.1 Å². The zero-order chi connectivity index (χ0) is 16.8. The van der Waals surface area contributed by atoms with Gasteiger partial charge >= 0.3 is 0 Å². The molecule has 3 rings (SSSR count). The lowest BCUT2D eigenvalue weighted by Crippen LogP contribution is -2.46. The number of benzene rings is 1. The number of amides is 1. The van der Waals surface area contributed by atoms with Gasteiger partial charge in [-0.15, -0.1) is 0 Å². The van der Waals surface area contributed by atoms with E-state index in [2.05, 4.69) is 22.0 Å². The van der Waals surface area contributed by atoms with Gasteiger partial charge in [0.05, 0.1) is 0 Å². The molecule has 6 heteroatoms. The third kappa shape index (κ3) is 4.39. The van der Waals surface area contributed by atoms with Crippen molar-refractivity contribution in [2.24, 2.45) is 0 Å². The van der Waals surface area contributed by atoms with E-state index in [-0.39, 0.29) is 12.7 Å². The Hall–Kier alpha value is -1.79. The van der Waals surface area contributed by atoms with Crippen molar-refractivity contribution >= 4 is 5.91 Å². The Morgan fingerprint density at radius 2 is 1.83 bits per heavy atom. The van der Waals surface area contributed by atoms with Crippen LogP contribution in [0.2, 0.25) is 0 Å². The van der Waals surface area contributed by atoms with E-state index in [1.165, 1.54) is 13.1 Å². The number of hydrogen-bond acceptors (Lipinski definition) is 5. The fourth-order valence-electron chi connectivity index (χ4n) is 3.13. The van der Waals surface area contributed by atoms with Gasteiger partial charge in [-0.1, -0.05) is 6.92 Å². The van der Waals surface area contributed by atoms with Gasteiger partial charge in [-0.3, -0.25) is 4.79 Å². The highest BCUT2D eigenvalue weighted by molar-refractivity contribution is 5.94. The molecule has 1 aromatic rings. The van der Waals surface area contributed by atoms with Gasteiger partial charge in [-0.25, -0.2) is 0 Å². The molecule has 0 aromatic heterocycles. The van der Waals surface area contributed by atoms with Crippen molar-refractivity contribution < 1.29 is 14.3 Å². The average molecular weight is 333 g/mol. The molecule has 1 aromatic carbocycles. The molecule has 0 spiro atoms. The van der Waals surface area contributed by atoms with E-state index in [0.29, 0.717) is 23.6 Å². The Morgan fingerprint density at radius 3 is 2.62 bits per heavy atom. The van der Waals surface area contributed by atoms with Crippen molar-refractivity contribution in [2.45, 2.75) is 19.8 Å². The molecule has 0 unspecified atom stereocenters. The molecule has 0 atom stereocenters. The highest BCUT2D eigenvalue weighted by atomic mass is 16.7. The molecule has 1 saturated heterocycles. The summed E-state index contributed by atoms with van der Waals surface area (Å²) in [6.07, 6.45) is 2.12. The number of piperazine rings is 1. The second-order valence-corrected chi connectivity index (χ2v) is 6.31. The smallest absolute Gasteiger partial charge is 0.251 e. The largest absolute Gasteiger partial charge is 0.454 e. The predicted octanol–water partition coefficient (Wildman–Crippen LogP) is 1.56. The monoisotopic (exact) mass is 333 g/mol. The quantitative estimate of drug-likeness (QED) is 0.768. The van der Waals surface area contributed by atoms with Gasteiger partial charge in [-0.05, 0) is 44.1 Å². The zero-order valence-electron chi connectivity index (χ0n) is 14.4. The van der Waals surface area contributed by atoms with Gasteiger partial charge in [0, 0.05) is 38.3 Å². The van der Waals surface area contributed by atoms with Gasteiger partial charge in [0.25, 0.3) is 5.91 Å². The Labute approximate surface area is 143 Å². The molecule has 24 heavy (non-hydrogen) atoms. The van der Waals surface area contributed by atoms with Crippen molar-refractivity contribution in [3.05, 3.63) is 23.8 Å². The van der Waals surface area contributed by atoms with Crippen LogP contribution in [0.25, 0.3) is 0 Å². The highest BCUT2D eigenvalue weighted by Crippen LogP contribution is 2.32. The first-order valence-electron chi connectivity index (χ1n) is 8.89. The maximum absolute atomic E-state index is 12.2. The summed E-state index contributed by atoms with van der Waals surface area (Å²) < 4.78 is 10.6. The van der Waals surface area contributed by atoms with Crippen LogP contribution in [0.15, 0.2) is 18.2 Å². The SMILES string of the molecule is CCN1CCN(CCCCNC(=O)c2ccc3c(c2)OCO3)CC1. The molecule has 132 valence electrons. The van der Waals surface area contributed by atoms with E-state index in [1.54, 1.807) is 18.2 Å². The third-order valence-electron chi connectivity index (χ3n) is 4.73. The molecule has 0 radical (unpaired) electrons. The van der Waals surface area contributed by atoms with Crippen LogP contribution >= 0.6 is 0 Å². The molecule has 1 amide bonds. The van der Waals surface area contributed by atoms with E-state index in [1.807, 2.05) is 0 Å². The molecule has 2 aliphatic heterocycles. The third-order valence-corrected chi connectivity index (χ3v) is 4.73. The molecule has 0 saturated carbocycles. The fraction of sp³-hybridized carbons (Fsp3) is 0.611. The summed E-state index contributed by atoms with van der Waals surface area (Å²) >= 11 is 0. The summed E-state index contributed by atoms with van der Waals surface area (Å²) in [5.74, 6) is 1.30. The number of carbonyl (C=O) groups is 1. The van der Waals surface area contributed by atoms with Crippen LogP contribution < -0.4 is 14.8 Å². The first-order valence-corrected chi connectivity index (χ1v) is 8.89. The van der Waals surface area contributed by atoms with E-state index >= 15 is 0 Å². The lowest BCUT2D eigenvalue weighted by molar-refractivity contribution is 0.0951. The van der Waals surface area contributed by atoms with E-state index < -0.39 is 0 Å². The molecule has 1 N–H and O–H groups in total. The van der Waals surface area contributed by atoms with Crippen molar-refractivity contribution in [3.63, 3.8) is 0 Å². The minimum Gasteiger partial charge on any atom is -0.454 e. The topological polar surface area (TPSA) is 54.0 Å². The fourth-order valence-corrected chi connectivity index (χ4v) is 3.13. The van der Waals surface area contributed by atoms with Crippen LogP contribution in [0.1, 0.15) is 30.1 Å². The van der Waals surface area contributed by atoms with Crippen molar-refractivity contribution in [2.75, 3.05) is 52.6 Å². The van der Waals surface area contributed by atoms with Gasteiger partial charge in [0.15, 0.2) is 11.5 Å². The number of carbonyl (C=O) groups excluding carboxylic acids is 1. The normalized spacial score (nSPS) is 17.9. The highest BCUT2D eigenvalue weighted by Gasteiger charge is 2.16. The summed E-state index contributed by atoms with van der Waals surface area (Å²) in [7, 11) is 0. The first-order chi connectivity index (χ1) is 11.8. The maximum Gasteiger partial charge on any atom is 0.251 e. The van der Waals surface area contributed by atoms with E-state index in [0.717, 1.165) is 39.0 Å². The second kappa shape index (κ2) is 8.35. The standard InChI is InChI=1S/C18H27N3O3/c1-2-20-9-11-21(12-10-20)8-4-3-7-19-18(22)15-5-6-16-17(13-15)24-14-23-16/h5-6,13H,2-4,7-12,14H2,1H3,(H,19,22). The number of ether oxygens (including phenoxy) is 2. The first kappa shape index (κ1) is 17.0. The maximum atomic E-state index is 12.2. The van der Waals surface area contributed by atoms with Crippen LogP contribution in [-0.4, -0.2) is 68.3 Å². The lowest BCUT2D eigenvalue weighted by Gasteiger charge is -2.33. The van der Waals surface area contributed by atoms with Gasteiger partial charge < -0.3 is 24.6 Å². The summed E-state index contributed by atoms with van der Waals surface area (Å²) in [6.45, 7) is 10.1. The Kier molecular flexibility index (Phi) is 5.93. The Bertz CT molecular complexity index is 556. The molecule has 6 nitrogen and oxygen atoms in total. The van der Waals surface area contributed by atoms with Crippen LogP contribution in [0.5, 0.6) is 11.5 Å². The number of nitrogens with zero attached hydrogens (tertiary/aromatic N) is 2. The Balaban J connectivity index is 1.31. The minimum absolute atomic E-state index is 0.0511. The molecular weight excluding hydrogens is 306 g/mol. The summed E-state index contributed by atoms with van der Waals surface area (Å²) in [5.41, 5.74) is 0.620. The number of unbranched alkanes of at least 4 members (excludes halogenated alkanes) is 1. The van der Waals surface area contributed by atoms with Crippen molar-refractivity contribution in [3.8, 4) is 11.5 Å². The van der Waals surface area contributed by atoms with Gasteiger partial charge in [-0.2, -0.15) is 0 Å². The molecule has 2 aliphatic rings. The molecule has 1 fully saturated rings. The predicted molar refractivity (Wildman–Crippen MR) is 92.7 cm³/mol. The van der Waals surface area contributed by atoms with Gasteiger partial charge in [0.1, 0.15) is 0 Å². The number of rotatable bonds is 7. The van der Waals surface area contributed by atoms with E-state index in [4.69, 9.17) is 9.47 Å². The number of hydrogen-bond donors (Lipinski definition) is 1. The van der Waals surface area contributed by atoms with E-state index in [9.17, 15) is 4.79 Å². The zero-order valence-corrected chi connectivity index (χ0v) is 14.4. The molecule has 0 bridgehead atoms. The minimum atomic E-state index is -0.0511. The summed E-state index contributed by atoms with van der Waals surface area (Å²) in [4.78, 5) is 17.2. The van der Waals surface area contributed by atoms with Crippen LogP contribution in [-0.2, 0) is 0 Å². The average Bonchev–Trinajstić information content (AvgIpc) is 3.09. The molecule has 0 aliphatic carbocycles. The summed E-state index contributed by atoms with van der Waals surface area (Å²) in [6, 6.07) is 5.30.